The van der Waals surface area contributed by atoms with E-state index in [1.807, 2.05) is 24.3 Å². The van der Waals surface area contributed by atoms with Crippen LogP contribution in [0.1, 0.15) is 0 Å². The Labute approximate surface area is 243 Å². The molecule has 4 heteroatoms. The maximum Gasteiger partial charge on any atom is 0.168 e. The van der Waals surface area contributed by atoms with E-state index in [1.165, 1.54) is 32.9 Å². The third-order valence-electron chi connectivity index (χ3n) is 7.89. The van der Waals surface area contributed by atoms with Crippen LogP contribution < -0.4 is 0 Å². The molecule has 0 unspecified atom stereocenters. The molecular formula is C38H26N4. The summed E-state index contributed by atoms with van der Waals surface area (Å²) in [5.41, 5.74) is 8.89. The fourth-order valence-corrected chi connectivity index (χ4v) is 5.88. The van der Waals surface area contributed by atoms with Crippen molar-refractivity contribution in [3.63, 3.8) is 0 Å². The smallest absolute Gasteiger partial charge is 0.168 e. The van der Waals surface area contributed by atoms with Gasteiger partial charge in [0.15, 0.2) is 11.6 Å². The summed E-state index contributed by atoms with van der Waals surface area (Å²) in [5.74, 6) is 1.61. The number of aromatic nitrogens is 4. The normalized spacial score (nSPS) is 11.3. The Morgan fingerprint density at radius 1 is 0.310 bits per heavy atom. The predicted octanol–water partition coefficient (Wildman–Crippen LogP) is 9.37. The number of para-hydroxylation sites is 2. The zero-order valence-electron chi connectivity index (χ0n) is 22.8. The van der Waals surface area contributed by atoms with Gasteiger partial charge in [-0.3, -0.25) is 4.57 Å². The second kappa shape index (κ2) is 10.0. The van der Waals surface area contributed by atoms with Crippen molar-refractivity contribution < 1.29 is 0 Å². The van der Waals surface area contributed by atoms with Crippen LogP contribution in [0.2, 0.25) is 0 Å². The molecule has 2 heterocycles. The molecule has 8 aromatic rings. The van der Waals surface area contributed by atoms with Crippen molar-refractivity contribution in [2.45, 2.75) is 0 Å². The largest absolute Gasteiger partial charge is 0.309 e. The van der Waals surface area contributed by atoms with Gasteiger partial charge in [-0.2, -0.15) is 0 Å². The summed E-state index contributed by atoms with van der Waals surface area (Å²) in [6, 6.07) is 55.1. The first-order valence-corrected chi connectivity index (χ1v) is 14.1. The molecule has 0 spiro atoms. The van der Waals surface area contributed by atoms with E-state index in [9.17, 15) is 0 Å². The summed E-state index contributed by atoms with van der Waals surface area (Å²) in [6.07, 6.45) is 0. The number of rotatable bonds is 5. The van der Waals surface area contributed by atoms with E-state index >= 15 is 0 Å². The maximum atomic E-state index is 4.70. The van der Waals surface area contributed by atoms with Gasteiger partial charge < -0.3 is 4.57 Å². The fraction of sp³-hybridized carbons (Fsp3) is 0. The molecule has 0 aliphatic heterocycles. The van der Waals surface area contributed by atoms with E-state index in [4.69, 9.17) is 5.10 Å². The van der Waals surface area contributed by atoms with Crippen molar-refractivity contribution in [2.75, 3.05) is 0 Å². The van der Waals surface area contributed by atoms with Crippen molar-refractivity contribution in [2.24, 2.45) is 0 Å². The molecule has 0 amide bonds. The van der Waals surface area contributed by atoms with Gasteiger partial charge in [-0.05, 0) is 47.5 Å². The Morgan fingerprint density at radius 3 is 1.24 bits per heavy atom. The zero-order chi connectivity index (χ0) is 27.9. The minimum Gasteiger partial charge on any atom is -0.309 e. The summed E-state index contributed by atoms with van der Waals surface area (Å²) in [7, 11) is 0. The molecule has 0 atom stereocenters. The van der Waals surface area contributed by atoms with Crippen molar-refractivity contribution in [3.05, 3.63) is 158 Å². The highest BCUT2D eigenvalue weighted by molar-refractivity contribution is 6.09. The van der Waals surface area contributed by atoms with Crippen LogP contribution in [0.5, 0.6) is 0 Å². The van der Waals surface area contributed by atoms with Crippen LogP contribution in [0, 0.1) is 0 Å². The van der Waals surface area contributed by atoms with Crippen LogP contribution >= 0.6 is 0 Å². The Morgan fingerprint density at radius 2 is 0.690 bits per heavy atom. The molecular weight excluding hydrogens is 512 g/mol. The minimum atomic E-state index is 0.804. The van der Waals surface area contributed by atoms with Crippen LogP contribution in [-0.2, 0) is 0 Å². The van der Waals surface area contributed by atoms with Crippen molar-refractivity contribution in [1.29, 1.82) is 0 Å². The van der Waals surface area contributed by atoms with E-state index in [0.29, 0.717) is 0 Å². The first-order valence-electron chi connectivity index (χ1n) is 14.1. The monoisotopic (exact) mass is 538 g/mol. The molecule has 2 aromatic heterocycles. The predicted molar refractivity (Wildman–Crippen MR) is 172 cm³/mol. The lowest BCUT2D eigenvalue weighted by molar-refractivity contribution is 1.07. The molecule has 0 aliphatic rings. The lowest BCUT2D eigenvalue weighted by atomic mass is 10.0. The highest BCUT2D eigenvalue weighted by atomic mass is 15.3. The van der Waals surface area contributed by atoms with Crippen LogP contribution in [0.25, 0.3) is 67.1 Å². The van der Waals surface area contributed by atoms with Crippen LogP contribution in [0.4, 0.5) is 0 Å². The summed E-state index contributed by atoms with van der Waals surface area (Å²) in [4.78, 5) is 0. The second-order valence-electron chi connectivity index (χ2n) is 10.4. The zero-order valence-corrected chi connectivity index (χ0v) is 22.8. The number of benzene rings is 6. The third kappa shape index (κ3) is 4.01. The molecule has 4 nitrogen and oxygen atoms in total. The molecule has 6 aromatic carbocycles. The molecule has 0 N–H and O–H groups in total. The summed E-state index contributed by atoms with van der Waals surface area (Å²) < 4.78 is 4.49. The number of fused-ring (bicyclic) bond motifs is 3. The van der Waals surface area contributed by atoms with Gasteiger partial charge in [-0.1, -0.05) is 121 Å². The lowest BCUT2D eigenvalue weighted by Crippen LogP contribution is -2.01. The topological polar surface area (TPSA) is 35.6 Å². The first kappa shape index (κ1) is 24.1. The van der Waals surface area contributed by atoms with Gasteiger partial charge >= 0.3 is 0 Å². The van der Waals surface area contributed by atoms with Gasteiger partial charge in [0, 0.05) is 33.3 Å². The Hall–Kier alpha value is -5.74. The maximum absolute atomic E-state index is 4.70. The Bertz CT molecular complexity index is 2100. The van der Waals surface area contributed by atoms with E-state index in [1.54, 1.807) is 0 Å². The van der Waals surface area contributed by atoms with Gasteiger partial charge in [0.1, 0.15) is 0 Å². The third-order valence-corrected chi connectivity index (χ3v) is 7.89. The fourth-order valence-electron chi connectivity index (χ4n) is 5.88. The van der Waals surface area contributed by atoms with E-state index < -0.39 is 0 Å². The molecule has 0 radical (unpaired) electrons. The van der Waals surface area contributed by atoms with E-state index in [2.05, 4.69) is 148 Å². The average molecular weight is 539 g/mol. The van der Waals surface area contributed by atoms with Gasteiger partial charge in [0.05, 0.1) is 11.0 Å². The molecule has 42 heavy (non-hydrogen) atoms. The van der Waals surface area contributed by atoms with Crippen LogP contribution in [-0.4, -0.2) is 19.3 Å². The average Bonchev–Trinajstić information content (AvgIpc) is 3.66. The molecule has 0 fully saturated rings. The minimum absolute atomic E-state index is 0.804. The van der Waals surface area contributed by atoms with Crippen LogP contribution in [0.15, 0.2) is 158 Å². The molecule has 0 saturated carbocycles. The highest BCUT2D eigenvalue weighted by Gasteiger charge is 2.18. The van der Waals surface area contributed by atoms with E-state index in [-0.39, 0.29) is 0 Å². The number of hydrogen-bond donors (Lipinski definition) is 0. The molecule has 8 rings (SSSR count). The standard InChI is InChI=1S/C38H26N4/c1-3-11-27(12-4-1)28-19-21-30(22-20-28)38-40-39-37(29-13-5-2-6-14-29)42(38)32-25-23-31(24-26-32)41-35-17-9-7-15-33(35)34-16-8-10-18-36(34)41/h1-26H. The van der Waals surface area contributed by atoms with Gasteiger partial charge in [0.25, 0.3) is 0 Å². The van der Waals surface area contributed by atoms with Crippen molar-refractivity contribution in [1.82, 2.24) is 19.3 Å². The van der Waals surface area contributed by atoms with Crippen LogP contribution in [0.3, 0.4) is 0 Å². The van der Waals surface area contributed by atoms with Gasteiger partial charge in [-0.25, -0.2) is 0 Å². The summed E-state index contributed by atoms with van der Waals surface area (Å²) in [5, 5.41) is 11.9. The molecule has 0 bridgehead atoms. The lowest BCUT2D eigenvalue weighted by Gasteiger charge is -2.13. The Kier molecular flexibility index (Phi) is 5.75. The Balaban J connectivity index is 1.26. The van der Waals surface area contributed by atoms with Gasteiger partial charge in [0.2, 0.25) is 0 Å². The second-order valence-corrected chi connectivity index (χ2v) is 10.4. The molecule has 0 saturated heterocycles. The highest BCUT2D eigenvalue weighted by Crippen LogP contribution is 2.34. The number of hydrogen-bond acceptors (Lipinski definition) is 2. The number of nitrogens with zero attached hydrogens (tertiary/aromatic N) is 4. The van der Waals surface area contributed by atoms with Gasteiger partial charge in [-0.15, -0.1) is 10.2 Å². The van der Waals surface area contributed by atoms with Crippen molar-refractivity contribution >= 4 is 21.8 Å². The van der Waals surface area contributed by atoms with E-state index in [0.717, 1.165) is 34.2 Å². The van der Waals surface area contributed by atoms with Crippen molar-refractivity contribution in [3.8, 4) is 45.3 Å². The summed E-state index contributed by atoms with van der Waals surface area (Å²) in [6.45, 7) is 0. The SMILES string of the molecule is c1ccc(-c2ccc(-c3nnc(-c4ccccc4)n3-c3ccc(-n4c5ccccc5c5ccccc54)cc3)cc2)cc1. The quantitative estimate of drug-likeness (QED) is 0.219. The molecule has 198 valence electrons. The first-order chi connectivity index (χ1) is 20.8. The molecule has 0 aliphatic carbocycles. The summed E-state index contributed by atoms with van der Waals surface area (Å²) >= 11 is 0.